The van der Waals surface area contributed by atoms with Gasteiger partial charge in [0.05, 0.1) is 12.7 Å². The lowest BCUT2D eigenvalue weighted by atomic mass is 9.97. The zero-order valence-corrected chi connectivity index (χ0v) is 16.5. The van der Waals surface area contributed by atoms with Crippen LogP contribution in [-0.4, -0.2) is 60.8 Å². The van der Waals surface area contributed by atoms with Crippen molar-refractivity contribution in [3.05, 3.63) is 52.5 Å². The van der Waals surface area contributed by atoms with Crippen molar-refractivity contribution in [1.29, 1.82) is 0 Å². The minimum Gasteiger partial charge on any atom is -0.381 e. The number of likely N-dealkylation sites (tertiary alicyclic amines) is 1. The Labute approximate surface area is 168 Å². The number of imidazole rings is 1. The van der Waals surface area contributed by atoms with Crippen molar-refractivity contribution in [2.75, 3.05) is 26.3 Å². The predicted octanol–water partition coefficient (Wildman–Crippen LogP) is 1.34. The van der Waals surface area contributed by atoms with Gasteiger partial charge in [-0.2, -0.15) is 5.10 Å². The van der Waals surface area contributed by atoms with Gasteiger partial charge in [-0.25, -0.2) is 19.5 Å². The summed E-state index contributed by atoms with van der Waals surface area (Å²) in [4.78, 5) is 31.2. The molecule has 2 saturated heterocycles. The van der Waals surface area contributed by atoms with E-state index >= 15 is 0 Å². The van der Waals surface area contributed by atoms with E-state index in [-0.39, 0.29) is 17.4 Å². The van der Waals surface area contributed by atoms with Gasteiger partial charge in [-0.15, -0.1) is 0 Å². The Morgan fingerprint density at radius 1 is 1.17 bits per heavy atom. The van der Waals surface area contributed by atoms with Crippen LogP contribution >= 0.6 is 0 Å². The quantitative estimate of drug-likeness (QED) is 0.711. The Morgan fingerprint density at radius 3 is 2.76 bits per heavy atom. The average Bonchev–Trinajstić information content (AvgIpc) is 3.33. The van der Waals surface area contributed by atoms with E-state index in [4.69, 9.17) is 9.84 Å². The van der Waals surface area contributed by atoms with E-state index < -0.39 is 0 Å². The number of nitrogens with one attached hydrogen (secondary N) is 1. The molecule has 0 bridgehead atoms. The van der Waals surface area contributed by atoms with Crippen LogP contribution in [0.3, 0.4) is 0 Å². The van der Waals surface area contributed by atoms with Crippen LogP contribution in [0, 0.1) is 5.92 Å². The van der Waals surface area contributed by atoms with E-state index in [9.17, 15) is 4.79 Å². The van der Waals surface area contributed by atoms with Crippen molar-refractivity contribution >= 4 is 5.52 Å². The van der Waals surface area contributed by atoms with Crippen molar-refractivity contribution < 1.29 is 4.74 Å². The molecule has 3 aromatic heterocycles. The van der Waals surface area contributed by atoms with Gasteiger partial charge >= 0.3 is 0 Å². The molecule has 0 saturated carbocycles. The summed E-state index contributed by atoms with van der Waals surface area (Å²) in [6, 6.07) is 1.82. The molecule has 9 heteroatoms. The number of aromatic amines is 1. The molecule has 29 heavy (non-hydrogen) atoms. The molecule has 5 heterocycles. The number of nitrogens with zero attached hydrogens (tertiary/aromatic N) is 6. The number of ether oxygens (including phenoxy) is 1. The van der Waals surface area contributed by atoms with E-state index in [1.54, 1.807) is 23.1 Å². The molecule has 2 aliphatic rings. The first-order chi connectivity index (χ1) is 14.2. The van der Waals surface area contributed by atoms with Gasteiger partial charge in [0.25, 0.3) is 5.56 Å². The maximum Gasteiger partial charge on any atom is 0.276 e. The number of hydrogen-bond acceptors (Lipinski definition) is 7. The van der Waals surface area contributed by atoms with Crippen LogP contribution in [0.2, 0.25) is 0 Å². The highest BCUT2D eigenvalue weighted by molar-refractivity contribution is 5.42. The first kappa shape index (κ1) is 18.4. The van der Waals surface area contributed by atoms with Gasteiger partial charge in [0.1, 0.15) is 17.5 Å². The second kappa shape index (κ2) is 7.64. The molecule has 0 spiro atoms. The molecular weight excluding hydrogens is 370 g/mol. The monoisotopic (exact) mass is 395 g/mol. The molecule has 1 N–H and O–H groups in total. The minimum atomic E-state index is -0.127. The highest BCUT2D eigenvalue weighted by atomic mass is 16.5. The summed E-state index contributed by atoms with van der Waals surface area (Å²) < 4.78 is 7.24. The number of H-pyrrole nitrogens is 1. The predicted molar refractivity (Wildman–Crippen MR) is 106 cm³/mol. The minimum absolute atomic E-state index is 0.127. The second-order valence-electron chi connectivity index (χ2n) is 8.08. The normalized spacial score (nSPS) is 23.8. The standard InChI is InChI=1S/C20H25N7O2/c1-13-10-26(12-17-21-5-2-6-22-17)11-15(13)18-24-20(28)16-9-23-19(27(16)25-18)14-3-7-29-8-4-14/h2,5-6,9,13-15H,3-4,7-8,10-12H2,1H3,(H,24,25,28). The summed E-state index contributed by atoms with van der Waals surface area (Å²) >= 11 is 0. The summed E-state index contributed by atoms with van der Waals surface area (Å²) in [5.74, 6) is 3.22. The van der Waals surface area contributed by atoms with Crippen LogP contribution in [0.25, 0.3) is 5.52 Å². The van der Waals surface area contributed by atoms with Gasteiger partial charge < -0.3 is 9.72 Å². The smallest absolute Gasteiger partial charge is 0.276 e. The first-order valence-corrected chi connectivity index (χ1v) is 10.2. The Kier molecular flexibility index (Phi) is 4.84. The summed E-state index contributed by atoms with van der Waals surface area (Å²) in [6.45, 7) is 6.09. The molecule has 2 fully saturated rings. The van der Waals surface area contributed by atoms with Crippen molar-refractivity contribution in [3.63, 3.8) is 0 Å². The number of fused-ring (bicyclic) bond motifs is 1. The lowest BCUT2D eigenvalue weighted by Crippen LogP contribution is -2.24. The Hall–Kier alpha value is -2.65. The number of hydrogen-bond donors (Lipinski definition) is 1. The summed E-state index contributed by atoms with van der Waals surface area (Å²) in [7, 11) is 0. The molecule has 0 aromatic carbocycles. The molecule has 0 aliphatic carbocycles. The maximum absolute atomic E-state index is 12.7. The van der Waals surface area contributed by atoms with Gasteiger partial charge in [0.15, 0.2) is 5.52 Å². The van der Waals surface area contributed by atoms with Crippen molar-refractivity contribution in [2.24, 2.45) is 5.92 Å². The highest BCUT2D eigenvalue weighted by Gasteiger charge is 2.33. The van der Waals surface area contributed by atoms with Crippen LogP contribution in [0.15, 0.2) is 29.5 Å². The van der Waals surface area contributed by atoms with E-state index in [1.807, 2.05) is 6.07 Å². The third-order valence-electron chi connectivity index (χ3n) is 6.06. The highest BCUT2D eigenvalue weighted by Crippen LogP contribution is 2.31. The van der Waals surface area contributed by atoms with Gasteiger partial charge in [0, 0.05) is 50.5 Å². The fourth-order valence-electron chi connectivity index (χ4n) is 4.50. The Balaban J connectivity index is 1.43. The fraction of sp³-hybridized carbons (Fsp3) is 0.550. The van der Waals surface area contributed by atoms with Crippen molar-refractivity contribution in [3.8, 4) is 0 Å². The van der Waals surface area contributed by atoms with Crippen LogP contribution in [-0.2, 0) is 11.3 Å². The molecule has 152 valence electrons. The van der Waals surface area contributed by atoms with E-state index in [1.165, 1.54) is 0 Å². The van der Waals surface area contributed by atoms with Crippen molar-refractivity contribution in [1.82, 2.24) is 34.4 Å². The van der Waals surface area contributed by atoms with Crippen LogP contribution in [0.1, 0.15) is 49.1 Å². The molecule has 3 aromatic rings. The van der Waals surface area contributed by atoms with Gasteiger partial charge in [-0.05, 0) is 24.8 Å². The van der Waals surface area contributed by atoms with E-state index in [2.05, 4.69) is 31.8 Å². The van der Waals surface area contributed by atoms with Gasteiger partial charge in [0.2, 0.25) is 0 Å². The largest absolute Gasteiger partial charge is 0.381 e. The molecule has 9 nitrogen and oxygen atoms in total. The molecule has 5 rings (SSSR count). The first-order valence-electron chi connectivity index (χ1n) is 10.2. The summed E-state index contributed by atoms with van der Waals surface area (Å²) in [6.07, 6.45) is 6.99. The van der Waals surface area contributed by atoms with Crippen LogP contribution in [0.4, 0.5) is 0 Å². The molecule has 0 radical (unpaired) electrons. The topological polar surface area (TPSA) is 101 Å². The van der Waals surface area contributed by atoms with Gasteiger partial charge in [-0.3, -0.25) is 9.69 Å². The average molecular weight is 395 g/mol. The number of rotatable bonds is 4. The molecule has 2 atom stereocenters. The lowest BCUT2D eigenvalue weighted by Gasteiger charge is -2.21. The molecular formula is C20H25N7O2. The summed E-state index contributed by atoms with van der Waals surface area (Å²) in [5, 5.41) is 4.84. The zero-order valence-electron chi connectivity index (χ0n) is 16.5. The van der Waals surface area contributed by atoms with E-state index in [0.717, 1.165) is 56.6 Å². The van der Waals surface area contributed by atoms with E-state index in [0.29, 0.717) is 18.0 Å². The number of aromatic nitrogens is 6. The SMILES string of the molecule is CC1CN(Cc2ncccn2)CC1c1nn2c(C3CCOCC3)ncc2c(=O)[nH]1. The third-order valence-corrected chi connectivity index (χ3v) is 6.06. The molecule has 2 aliphatic heterocycles. The summed E-state index contributed by atoms with van der Waals surface area (Å²) in [5.41, 5.74) is 0.383. The fourth-order valence-corrected chi connectivity index (χ4v) is 4.50. The zero-order chi connectivity index (χ0) is 19.8. The molecule has 2 unspecified atom stereocenters. The third kappa shape index (κ3) is 3.56. The Morgan fingerprint density at radius 2 is 1.97 bits per heavy atom. The van der Waals surface area contributed by atoms with Crippen LogP contribution < -0.4 is 5.56 Å². The van der Waals surface area contributed by atoms with Crippen LogP contribution in [0.5, 0.6) is 0 Å². The van der Waals surface area contributed by atoms with Gasteiger partial charge in [-0.1, -0.05) is 6.92 Å². The second-order valence-corrected chi connectivity index (χ2v) is 8.08. The Bertz CT molecular complexity index is 1040. The molecule has 0 amide bonds. The van der Waals surface area contributed by atoms with Crippen molar-refractivity contribution in [2.45, 2.75) is 38.1 Å². The lowest BCUT2D eigenvalue weighted by molar-refractivity contribution is 0.0832. The maximum atomic E-state index is 12.7.